The van der Waals surface area contributed by atoms with Crippen LogP contribution < -0.4 is 10.6 Å². The van der Waals surface area contributed by atoms with E-state index in [-0.39, 0.29) is 11.8 Å². The standard InChI is InChI=1S/C9H18N2O2/c1-7(2)6-9(13)11-5-4-10-8(3)12/h7H,4-6H2,1-3H3,(H,10,12)(H,11,13). The van der Waals surface area contributed by atoms with Gasteiger partial charge in [-0.15, -0.1) is 0 Å². The van der Waals surface area contributed by atoms with Gasteiger partial charge in [-0.1, -0.05) is 13.8 Å². The zero-order valence-electron chi connectivity index (χ0n) is 8.52. The minimum Gasteiger partial charge on any atom is -0.355 e. The third kappa shape index (κ3) is 8.85. The first kappa shape index (κ1) is 11.9. The molecule has 0 bridgehead atoms. The minimum atomic E-state index is -0.0712. The van der Waals surface area contributed by atoms with Gasteiger partial charge >= 0.3 is 0 Å². The maximum Gasteiger partial charge on any atom is 0.220 e. The van der Waals surface area contributed by atoms with Gasteiger partial charge in [0.05, 0.1) is 0 Å². The largest absolute Gasteiger partial charge is 0.355 e. The van der Waals surface area contributed by atoms with Crippen molar-refractivity contribution < 1.29 is 9.59 Å². The molecule has 4 heteroatoms. The molecule has 0 atom stereocenters. The van der Waals surface area contributed by atoms with Gasteiger partial charge in [-0.05, 0) is 5.92 Å². The summed E-state index contributed by atoms with van der Waals surface area (Å²) in [5.41, 5.74) is 0. The molecule has 0 heterocycles. The molecule has 0 saturated carbocycles. The third-order valence-electron chi connectivity index (χ3n) is 1.41. The van der Waals surface area contributed by atoms with E-state index in [0.717, 1.165) is 0 Å². The van der Waals surface area contributed by atoms with Gasteiger partial charge in [0.1, 0.15) is 0 Å². The van der Waals surface area contributed by atoms with E-state index in [4.69, 9.17) is 0 Å². The van der Waals surface area contributed by atoms with Crippen LogP contribution in [0.15, 0.2) is 0 Å². The van der Waals surface area contributed by atoms with Crippen LogP contribution in [-0.4, -0.2) is 24.9 Å². The van der Waals surface area contributed by atoms with Crippen LogP contribution in [0.25, 0.3) is 0 Å². The van der Waals surface area contributed by atoms with Crippen LogP contribution in [-0.2, 0) is 9.59 Å². The van der Waals surface area contributed by atoms with Crippen LogP contribution in [0.2, 0.25) is 0 Å². The molecular formula is C9H18N2O2. The lowest BCUT2D eigenvalue weighted by Gasteiger charge is -2.06. The molecule has 0 aliphatic rings. The van der Waals surface area contributed by atoms with Crippen LogP contribution in [0.5, 0.6) is 0 Å². The summed E-state index contributed by atoms with van der Waals surface area (Å²) in [7, 11) is 0. The second kappa shape index (κ2) is 6.46. The van der Waals surface area contributed by atoms with Gasteiger partial charge in [-0.2, -0.15) is 0 Å². The molecule has 4 nitrogen and oxygen atoms in total. The molecule has 0 aromatic rings. The molecule has 0 rings (SSSR count). The average Bonchev–Trinajstić information content (AvgIpc) is 1.96. The molecule has 0 unspecified atom stereocenters. The molecule has 0 radical (unpaired) electrons. The maximum absolute atomic E-state index is 11.1. The Labute approximate surface area is 79.1 Å². The first-order valence-electron chi connectivity index (χ1n) is 4.53. The van der Waals surface area contributed by atoms with E-state index in [1.54, 1.807) is 0 Å². The minimum absolute atomic E-state index is 0.0420. The molecule has 0 aromatic carbocycles. The van der Waals surface area contributed by atoms with Crippen LogP contribution in [0.1, 0.15) is 27.2 Å². The lowest BCUT2D eigenvalue weighted by molar-refractivity contribution is -0.122. The molecule has 2 N–H and O–H groups in total. The van der Waals surface area contributed by atoms with Crippen molar-refractivity contribution in [1.82, 2.24) is 10.6 Å². The van der Waals surface area contributed by atoms with Gasteiger partial charge < -0.3 is 10.6 Å². The van der Waals surface area contributed by atoms with Gasteiger partial charge in [0.15, 0.2) is 0 Å². The van der Waals surface area contributed by atoms with E-state index >= 15 is 0 Å². The Morgan fingerprint density at radius 3 is 2.15 bits per heavy atom. The Morgan fingerprint density at radius 1 is 1.15 bits per heavy atom. The fourth-order valence-corrected chi connectivity index (χ4v) is 0.883. The number of carbonyl (C=O) groups is 2. The second-order valence-electron chi connectivity index (χ2n) is 3.43. The molecule has 0 fully saturated rings. The average molecular weight is 186 g/mol. The van der Waals surface area contributed by atoms with Gasteiger partial charge in [-0.3, -0.25) is 9.59 Å². The molecular weight excluding hydrogens is 168 g/mol. The maximum atomic E-state index is 11.1. The van der Waals surface area contributed by atoms with E-state index in [2.05, 4.69) is 10.6 Å². The number of rotatable bonds is 5. The summed E-state index contributed by atoms with van der Waals surface area (Å²) in [6.07, 6.45) is 0.542. The summed E-state index contributed by atoms with van der Waals surface area (Å²) in [6.45, 7) is 6.45. The van der Waals surface area contributed by atoms with Crippen LogP contribution in [0.4, 0.5) is 0 Å². The lowest BCUT2D eigenvalue weighted by Crippen LogP contribution is -2.34. The van der Waals surface area contributed by atoms with Gasteiger partial charge in [0.25, 0.3) is 0 Å². The second-order valence-corrected chi connectivity index (χ2v) is 3.43. The van der Waals surface area contributed by atoms with Gasteiger partial charge in [0.2, 0.25) is 11.8 Å². The molecule has 0 aliphatic carbocycles. The predicted molar refractivity (Wildman–Crippen MR) is 51.1 cm³/mol. The van der Waals surface area contributed by atoms with E-state index < -0.39 is 0 Å². The van der Waals surface area contributed by atoms with E-state index in [9.17, 15) is 9.59 Å². The Kier molecular flexibility index (Phi) is 5.93. The number of hydrogen-bond donors (Lipinski definition) is 2. The molecule has 76 valence electrons. The fourth-order valence-electron chi connectivity index (χ4n) is 0.883. The number of carbonyl (C=O) groups excluding carboxylic acids is 2. The SMILES string of the molecule is CC(=O)NCCNC(=O)CC(C)C. The topological polar surface area (TPSA) is 58.2 Å². The van der Waals surface area contributed by atoms with Crippen molar-refractivity contribution in [3.05, 3.63) is 0 Å². The number of nitrogens with one attached hydrogen (secondary N) is 2. The lowest BCUT2D eigenvalue weighted by atomic mass is 10.1. The summed E-state index contributed by atoms with van der Waals surface area (Å²) in [5.74, 6) is 0.347. The highest BCUT2D eigenvalue weighted by Gasteiger charge is 2.02. The smallest absolute Gasteiger partial charge is 0.220 e. The molecule has 2 amide bonds. The summed E-state index contributed by atoms with van der Waals surface area (Å²) < 4.78 is 0. The third-order valence-corrected chi connectivity index (χ3v) is 1.41. The molecule has 0 aliphatic heterocycles. The van der Waals surface area contributed by atoms with Crippen molar-refractivity contribution in [3.63, 3.8) is 0 Å². The highest BCUT2D eigenvalue weighted by Crippen LogP contribution is 1.97. The van der Waals surface area contributed by atoms with Crippen molar-refractivity contribution >= 4 is 11.8 Å². The molecule has 0 spiro atoms. The van der Waals surface area contributed by atoms with Crippen molar-refractivity contribution in [2.75, 3.05) is 13.1 Å². The Balaban J connectivity index is 3.32. The summed E-state index contributed by atoms with van der Waals surface area (Å²) in [6, 6.07) is 0. The highest BCUT2D eigenvalue weighted by atomic mass is 16.2. The van der Waals surface area contributed by atoms with Gasteiger partial charge in [-0.25, -0.2) is 0 Å². The van der Waals surface area contributed by atoms with Crippen molar-refractivity contribution in [3.8, 4) is 0 Å². The first-order valence-corrected chi connectivity index (χ1v) is 4.53. The first-order chi connectivity index (χ1) is 6.02. The molecule has 0 saturated heterocycles. The number of amides is 2. The molecule has 0 aromatic heterocycles. The van der Waals surface area contributed by atoms with E-state index in [1.165, 1.54) is 6.92 Å². The van der Waals surface area contributed by atoms with Crippen molar-refractivity contribution in [2.45, 2.75) is 27.2 Å². The quantitative estimate of drug-likeness (QED) is 0.606. The van der Waals surface area contributed by atoms with Crippen LogP contribution in [0.3, 0.4) is 0 Å². The van der Waals surface area contributed by atoms with Gasteiger partial charge in [0, 0.05) is 26.4 Å². The number of hydrogen-bond acceptors (Lipinski definition) is 2. The zero-order chi connectivity index (χ0) is 10.3. The van der Waals surface area contributed by atoms with Crippen molar-refractivity contribution in [1.29, 1.82) is 0 Å². The van der Waals surface area contributed by atoms with Crippen molar-refractivity contribution in [2.24, 2.45) is 5.92 Å². The summed E-state index contributed by atoms with van der Waals surface area (Å²) >= 11 is 0. The van der Waals surface area contributed by atoms with E-state index in [1.807, 2.05) is 13.8 Å². The van der Waals surface area contributed by atoms with Crippen LogP contribution >= 0.6 is 0 Å². The van der Waals surface area contributed by atoms with Crippen LogP contribution in [0, 0.1) is 5.92 Å². The summed E-state index contributed by atoms with van der Waals surface area (Å²) in [4.78, 5) is 21.5. The Bertz CT molecular complexity index is 178. The normalized spacial score (nSPS) is 9.85. The summed E-state index contributed by atoms with van der Waals surface area (Å²) in [5, 5.41) is 5.32. The molecule has 13 heavy (non-hydrogen) atoms. The zero-order valence-corrected chi connectivity index (χ0v) is 8.52. The Hall–Kier alpha value is -1.06. The monoisotopic (exact) mass is 186 g/mol. The van der Waals surface area contributed by atoms with E-state index in [0.29, 0.717) is 25.4 Å². The predicted octanol–water partition coefficient (Wildman–Crippen LogP) is 0.285. The Morgan fingerprint density at radius 2 is 1.69 bits per heavy atom. The fraction of sp³-hybridized carbons (Fsp3) is 0.778. The highest BCUT2D eigenvalue weighted by molar-refractivity contribution is 5.76.